The smallest absolute Gasteiger partial charge is 0.244 e. The maximum atomic E-state index is 12.5. The molecule has 1 atom stereocenters. The first-order chi connectivity index (χ1) is 8.95. The van der Waals surface area contributed by atoms with E-state index in [0.29, 0.717) is 24.0 Å². The number of halogens is 3. The van der Waals surface area contributed by atoms with Crippen LogP contribution in [0.15, 0.2) is 23.1 Å². The summed E-state index contributed by atoms with van der Waals surface area (Å²) in [5.74, 6) is 0.353. The molecule has 0 aliphatic carbocycles. The first-order valence-corrected chi connectivity index (χ1v) is 8.24. The van der Waals surface area contributed by atoms with Gasteiger partial charge < -0.3 is 5.32 Å². The van der Waals surface area contributed by atoms with Gasteiger partial charge in [-0.2, -0.15) is 4.31 Å². The maximum absolute atomic E-state index is 12.5. The standard InChI is InChI=1S/C12H16Cl2N2O2S.ClH/c1-15-7-9-4-5-16(8-9)19(17,18)12-3-2-10(13)6-11(12)14;/h2-3,6,9,15H,4-5,7-8H2,1H3;1H. The van der Waals surface area contributed by atoms with Crippen LogP contribution in [0.1, 0.15) is 6.42 Å². The van der Waals surface area contributed by atoms with Crippen LogP contribution >= 0.6 is 35.6 Å². The second kappa shape index (κ2) is 7.29. The molecule has 1 aliphatic rings. The van der Waals surface area contributed by atoms with Gasteiger partial charge in [-0.15, -0.1) is 12.4 Å². The molecule has 0 spiro atoms. The van der Waals surface area contributed by atoms with Gasteiger partial charge in [0.1, 0.15) is 4.90 Å². The van der Waals surface area contributed by atoms with Crippen LogP contribution in [0, 0.1) is 5.92 Å². The molecule has 114 valence electrons. The summed E-state index contributed by atoms with van der Waals surface area (Å²) in [4.78, 5) is 0.128. The van der Waals surface area contributed by atoms with Crippen molar-refractivity contribution in [3.63, 3.8) is 0 Å². The maximum Gasteiger partial charge on any atom is 0.244 e. The number of rotatable bonds is 4. The average molecular weight is 360 g/mol. The second-order valence-corrected chi connectivity index (χ2v) is 7.40. The molecule has 4 nitrogen and oxygen atoms in total. The normalized spacial score (nSPS) is 19.9. The summed E-state index contributed by atoms with van der Waals surface area (Å²) >= 11 is 11.8. The van der Waals surface area contributed by atoms with E-state index in [-0.39, 0.29) is 22.3 Å². The van der Waals surface area contributed by atoms with Crippen molar-refractivity contribution in [2.24, 2.45) is 5.92 Å². The van der Waals surface area contributed by atoms with E-state index in [1.54, 1.807) is 6.07 Å². The number of hydrogen-bond acceptors (Lipinski definition) is 3. The Hall–Kier alpha value is -0.0400. The summed E-state index contributed by atoms with van der Waals surface area (Å²) in [6.07, 6.45) is 0.866. The lowest BCUT2D eigenvalue weighted by Crippen LogP contribution is -2.30. The van der Waals surface area contributed by atoms with E-state index in [1.165, 1.54) is 16.4 Å². The van der Waals surface area contributed by atoms with Gasteiger partial charge in [0.2, 0.25) is 10.0 Å². The topological polar surface area (TPSA) is 49.4 Å². The molecule has 1 aromatic carbocycles. The third-order valence-electron chi connectivity index (χ3n) is 3.25. The minimum atomic E-state index is -3.52. The third kappa shape index (κ3) is 3.78. The molecule has 1 unspecified atom stereocenters. The van der Waals surface area contributed by atoms with Crippen molar-refractivity contribution in [3.05, 3.63) is 28.2 Å². The molecule has 1 heterocycles. The number of sulfonamides is 1. The van der Waals surface area contributed by atoms with Crippen molar-refractivity contribution >= 4 is 45.6 Å². The van der Waals surface area contributed by atoms with Gasteiger partial charge in [0.25, 0.3) is 0 Å². The van der Waals surface area contributed by atoms with Crippen molar-refractivity contribution in [2.45, 2.75) is 11.3 Å². The van der Waals surface area contributed by atoms with E-state index in [1.807, 2.05) is 7.05 Å². The molecule has 0 saturated carbocycles. The molecule has 8 heteroatoms. The molecule has 2 rings (SSSR count). The monoisotopic (exact) mass is 358 g/mol. The zero-order chi connectivity index (χ0) is 14.0. The van der Waals surface area contributed by atoms with Crippen LogP contribution < -0.4 is 5.32 Å². The molecule has 0 bridgehead atoms. The van der Waals surface area contributed by atoms with E-state index in [9.17, 15) is 8.42 Å². The highest BCUT2D eigenvalue weighted by atomic mass is 35.5. The van der Waals surface area contributed by atoms with Gasteiger partial charge in [-0.05, 0) is 44.1 Å². The van der Waals surface area contributed by atoms with Crippen molar-refractivity contribution in [2.75, 3.05) is 26.7 Å². The Balaban J connectivity index is 0.00000200. The largest absolute Gasteiger partial charge is 0.319 e. The van der Waals surface area contributed by atoms with Gasteiger partial charge in [-0.1, -0.05) is 23.2 Å². The summed E-state index contributed by atoms with van der Waals surface area (Å²) in [6, 6.07) is 4.46. The molecule has 1 N–H and O–H groups in total. The van der Waals surface area contributed by atoms with Gasteiger partial charge in [-0.3, -0.25) is 0 Å². The Morgan fingerprint density at radius 3 is 2.70 bits per heavy atom. The molecule has 0 aromatic heterocycles. The Labute approximate surface area is 135 Å². The predicted molar refractivity (Wildman–Crippen MR) is 84.5 cm³/mol. The van der Waals surface area contributed by atoms with Crippen LogP contribution in [0.3, 0.4) is 0 Å². The lowest BCUT2D eigenvalue weighted by Gasteiger charge is -2.17. The van der Waals surface area contributed by atoms with Crippen LogP contribution in [0.4, 0.5) is 0 Å². The van der Waals surface area contributed by atoms with E-state index in [2.05, 4.69) is 5.32 Å². The highest BCUT2D eigenvalue weighted by Gasteiger charge is 2.33. The number of nitrogens with zero attached hydrogens (tertiary/aromatic N) is 1. The quantitative estimate of drug-likeness (QED) is 0.899. The molecule has 1 aromatic rings. The first-order valence-electron chi connectivity index (χ1n) is 6.05. The van der Waals surface area contributed by atoms with Crippen LogP contribution in [0.25, 0.3) is 0 Å². The van der Waals surface area contributed by atoms with Gasteiger partial charge in [-0.25, -0.2) is 8.42 Å². The van der Waals surface area contributed by atoms with Crippen LogP contribution in [-0.4, -0.2) is 39.4 Å². The number of nitrogens with one attached hydrogen (secondary N) is 1. The summed E-state index contributed by atoms with van der Waals surface area (Å²) < 4.78 is 26.5. The van der Waals surface area contributed by atoms with Crippen LogP contribution in [-0.2, 0) is 10.0 Å². The minimum Gasteiger partial charge on any atom is -0.319 e. The summed E-state index contributed by atoms with van der Waals surface area (Å²) in [6.45, 7) is 1.89. The fourth-order valence-electron chi connectivity index (χ4n) is 2.29. The summed E-state index contributed by atoms with van der Waals surface area (Å²) in [7, 11) is -1.65. The second-order valence-electron chi connectivity index (χ2n) is 4.65. The van der Waals surface area contributed by atoms with Gasteiger partial charge >= 0.3 is 0 Å². The van der Waals surface area contributed by atoms with E-state index in [4.69, 9.17) is 23.2 Å². The predicted octanol–water partition coefficient (Wildman–Crippen LogP) is 2.65. The Morgan fingerprint density at radius 2 is 2.10 bits per heavy atom. The molecule has 1 fully saturated rings. The van der Waals surface area contributed by atoms with Gasteiger partial charge in [0.15, 0.2) is 0 Å². The molecule has 1 saturated heterocycles. The summed E-state index contributed by atoms with van der Waals surface area (Å²) in [5.41, 5.74) is 0. The van der Waals surface area contributed by atoms with Crippen LogP contribution in [0.5, 0.6) is 0 Å². The Morgan fingerprint density at radius 1 is 1.40 bits per heavy atom. The Kier molecular flexibility index (Phi) is 6.57. The lowest BCUT2D eigenvalue weighted by molar-refractivity contribution is 0.451. The van der Waals surface area contributed by atoms with E-state index >= 15 is 0 Å². The van der Waals surface area contributed by atoms with Crippen molar-refractivity contribution in [1.82, 2.24) is 9.62 Å². The number of benzene rings is 1. The van der Waals surface area contributed by atoms with Crippen LogP contribution in [0.2, 0.25) is 10.0 Å². The first kappa shape index (κ1) is 18.0. The Bertz CT molecular complexity index is 566. The van der Waals surface area contributed by atoms with Crippen molar-refractivity contribution in [1.29, 1.82) is 0 Å². The van der Waals surface area contributed by atoms with Gasteiger partial charge in [0.05, 0.1) is 5.02 Å². The van der Waals surface area contributed by atoms with E-state index in [0.717, 1.165) is 13.0 Å². The zero-order valence-electron chi connectivity index (χ0n) is 11.0. The molecule has 1 aliphatic heterocycles. The molecule has 0 radical (unpaired) electrons. The fourth-order valence-corrected chi connectivity index (χ4v) is 4.57. The fraction of sp³-hybridized carbons (Fsp3) is 0.500. The zero-order valence-corrected chi connectivity index (χ0v) is 14.1. The molecule has 20 heavy (non-hydrogen) atoms. The van der Waals surface area contributed by atoms with E-state index < -0.39 is 10.0 Å². The highest BCUT2D eigenvalue weighted by molar-refractivity contribution is 7.89. The third-order valence-corrected chi connectivity index (χ3v) is 5.84. The molecule has 0 amide bonds. The molecular weight excluding hydrogens is 343 g/mol. The molecular formula is C12H17Cl3N2O2S. The van der Waals surface area contributed by atoms with Crippen molar-refractivity contribution < 1.29 is 8.42 Å². The number of hydrogen-bond donors (Lipinski definition) is 1. The van der Waals surface area contributed by atoms with Gasteiger partial charge in [0, 0.05) is 18.1 Å². The minimum absolute atomic E-state index is 0. The highest BCUT2D eigenvalue weighted by Crippen LogP contribution is 2.30. The van der Waals surface area contributed by atoms with Crippen molar-refractivity contribution in [3.8, 4) is 0 Å². The lowest BCUT2D eigenvalue weighted by atomic mass is 10.1. The summed E-state index contributed by atoms with van der Waals surface area (Å²) in [5, 5.41) is 3.68. The average Bonchev–Trinajstić information content (AvgIpc) is 2.78. The SMILES string of the molecule is CNCC1CCN(S(=O)(=O)c2ccc(Cl)cc2Cl)C1.Cl.